The summed E-state index contributed by atoms with van der Waals surface area (Å²) in [6.07, 6.45) is 9.37. The molecule has 2 aliphatic heterocycles. The van der Waals surface area contributed by atoms with E-state index in [2.05, 4.69) is 26.2 Å². The fourth-order valence-electron chi connectivity index (χ4n) is 3.66. The van der Waals surface area contributed by atoms with Gasteiger partial charge in [0.15, 0.2) is 0 Å². The Hall–Kier alpha value is -1.99. The van der Waals surface area contributed by atoms with Crippen LogP contribution in [-0.4, -0.2) is 56.0 Å². The molecule has 0 amide bonds. The van der Waals surface area contributed by atoms with Crippen LogP contribution >= 0.6 is 0 Å². The molecule has 0 radical (unpaired) electrons. The summed E-state index contributed by atoms with van der Waals surface area (Å²) in [5, 5.41) is 4.22. The van der Waals surface area contributed by atoms with E-state index in [-0.39, 0.29) is 11.7 Å². The summed E-state index contributed by atoms with van der Waals surface area (Å²) < 4.78 is 14.0. The van der Waals surface area contributed by atoms with Gasteiger partial charge in [-0.05, 0) is 6.92 Å². The minimum absolute atomic E-state index is 0.0671. The van der Waals surface area contributed by atoms with E-state index >= 15 is 0 Å². The Balaban J connectivity index is 1.32. The second-order valence-corrected chi connectivity index (χ2v) is 6.93. The molecule has 2 saturated heterocycles. The van der Waals surface area contributed by atoms with Crippen LogP contribution in [0.2, 0.25) is 0 Å². The van der Waals surface area contributed by atoms with Crippen molar-refractivity contribution in [1.82, 2.24) is 24.6 Å². The molecule has 1 atom stereocenters. The normalized spacial score (nSPS) is 23.2. The molecule has 1 spiro atoms. The molecule has 2 aromatic rings. The fraction of sp³-hybridized carbons (Fsp3) is 0.588. The summed E-state index contributed by atoms with van der Waals surface area (Å²) >= 11 is 0. The van der Waals surface area contributed by atoms with E-state index in [9.17, 15) is 0 Å². The molecular formula is C17H23N5O2. The number of aromatic nitrogens is 4. The van der Waals surface area contributed by atoms with Crippen molar-refractivity contribution in [3.8, 4) is 5.88 Å². The largest absolute Gasteiger partial charge is 0.473 e. The molecule has 0 unspecified atom stereocenters. The van der Waals surface area contributed by atoms with Gasteiger partial charge in [-0.15, -0.1) is 0 Å². The molecule has 7 heteroatoms. The SMILES string of the molecule is Cc1cncc(O[C@H]2CCOC3(C2)CN(Cc2cnn(C)c2)C3)n1. The Kier molecular flexibility index (Phi) is 3.97. The van der Waals surface area contributed by atoms with Crippen molar-refractivity contribution < 1.29 is 9.47 Å². The molecule has 24 heavy (non-hydrogen) atoms. The van der Waals surface area contributed by atoms with Crippen molar-refractivity contribution in [2.24, 2.45) is 7.05 Å². The first-order valence-corrected chi connectivity index (χ1v) is 8.39. The molecule has 0 N–H and O–H groups in total. The zero-order chi connectivity index (χ0) is 16.6. The lowest BCUT2D eigenvalue weighted by molar-refractivity contribution is -0.188. The van der Waals surface area contributed by atoms with Gasteiger partial charge < -0.3 is 9.47 Å². The van der Waals surface area contributed by atoms with Crippen LogP contribution in [0.3, 0.4) is 0 Å². The molecule has 4 rings (SSSR count). The van der Waals surface area contributed by atoms with Crippen LogP contribution in [-0.2, 0) is 18.3 Å². The monoisotopic (exact) mass is 329 g/mol. The highest BCUT2D eigenvalue weighted by molar-refractivity contribution is 5.10. The lowest BCUT2D eigenvalue weighted by atomic mass is 9.84. The number of rotatable bonds is 4. The molecular weight excluding hydrogens is 306 g/mol. The minimum atomic E-state index is -0.0671. The quantitative estimate of drug-likeness (QED) is 0.843. The van der Waals surface area contributed by atoms with Gasteiger partial charge in [0, 0.05) is 57.5 Å². The number of ether oxygens (including phenoxy) is 2. The smallest absolute Gasteiger partial charge is 0.232 e. The molecule has 4 heterocycles. The maximum Gasteiger partial charge on any atom is 0.232 e. The zero-order valence-electron chi connectivity index (χ0n) is 14.2. The number of aryl methyl sites for hydroxylation is 2. The van der Waals surface area contributed by atoms with Gasteiger partial charge in [0.25, 0.3) is 0 Å². The topological polar surface area (TPSA) is 65.3 Å². The van der Waals surface area contributed by atoms with Gasteiger partial charge in [-0.3, -0.25) is 14.6 Å². The Morgan fingerprint density at radius 1 is 1.33 bits per heavy atom. The van der Waals surface area contributed by atoms with Crippen LogP contribution in [0.4, 0.5) is 0 Å². The van der Waals surface area contributed by atoms with Gasteiger partial charge in [0.05, 0.1) is 30.3 Å². The van der Waals surface area contributed by atoms with Crippen LogP contribution in [0.15, 0.2) is 24.8 Å². The third kappa shape index (κ3) is 3.27. The number of hydrogen-bond donors (Lipinski definition) is 0. The van der Waals surface area contributed by atoms with Gasteiger partial charge >= 0.3 is 0 Å². The summed E-state index contributed by atoms with van der Waals surface area (Å²) in [6, 6.07) is 0. The summed E-state index contributed by atoms with van der Waals surface area (Å²) in [5.74, 6) is 0.614. The molecule has 2 fully saturated rings. The zero-order valence-corrected chi connectivity index (χ0v) is 14.2. The minimum Gasteiger partial charge on any atom is -0.473 e. The van der Waals surface area contributed by atoms with E-state index in [0.717, 1.165) is 44.8 Å². The lowest BCUT2D eigenvalue weighted by Gasteiger charge is -2.53. The first kappa shape index (κ1) is 15.5. The average molecular weight is 329 g/mol. The van der Waals surface area contributed by atoms with E-state index in [1.54, 1.807) is 12.4 Å². The highest BCUT2D eigenvalue weighted by Crippen LogP contribution is 2.36. The first-order valence-electron chi connectivity index (χ1n) is 8.39. The van der Waals surface area contributed by atoms with Gasteiger partial charge in [0.2, 0.25) is 5.88 Å². The second kappa shape index (κ2) is 6.14. The molecule has 0 bridgehead atoms. The maximum atomic E-state index is 6.09. The van der Waals surface area contributed by atoms with Gasteiger partial charge in [0.1, 0.15) is 6.10 Å². The standard InChI is InChI=1S/C17H23N5O2/c1-13-6-18-8-16(20-13)24-15-3-4-23-17(5-15)11-22(12-17)10-14-7-19-21(2)9-14/h6-9,15H,3-5,10-12H2,1-2H3/t15-/m0/s1. The average Bonchev–Trinajstić information content (AvgIpc) is 2.91. The van der Waals surface area contributed by atoms with Crippen molar-refractivity contribution in [2.45, 2.75) is 38.0 Å². The Morgan fingerprint density at radius 3 is 2.96 bits per heavy atom. The van der Waals surface area contributed by atoms with Gasteiger partial charge in [-0.1, -0.05) is 0 Å². The second-order valence-electron chi connectivity index (χ2n) is 6.93. The first-order chi connectivity index (χ1) is 11.6. The number of likely N-dealkylation sites (tertiary alicyclic amines) is 1. The van der Waals surface area contributed by atoms with E-state index in [1.165, 1.54) is 5.56 Å². The number of nitrogens with zero attached hydrogens (tertiary/aromatic N) is 5. The van der Waals surface area contributed by atoms with E-state index < -0.39 is 0 Å². The van der Waals surface area contributed by atoms with Crippen LogP contribution in [0.25, 0.3) is 0 Å². The van der Waals surface area contributed by atoms with Crippen molar-refractivity contribution in [3.63, 3.8) is 0 Å². The Bertz CT molecular complexity index is 711. The van der Waals surface area contributed by atoms with Crippen LogP contribution < -0.4 is 4.74 Å². The molecule has 0 aliphatic carbocycles. The predicted octanol–water partition coefficient (Wildman–Crippen LogP) is 1.33. The van der Waals surface area contributed by atoms with E-state index in [1.807, 2.05) is 24.9 Å². The Morgan fingerprint density at radius 2 is 2.21 bits per heavy atom. The molecule has 128 valence electrons. The third-order valence-corrected chi connectivity index (χ3v) is 4.66. The fourth-order valence-corrected chi connectivity index (χ4v) is 3.66. The van der Waals surface area contributed by atoms with Crippen LogP contribution in [0.1, 0.15) is 24.1 Å². The van der Waals surface area contributed by atoms with Crippen LogP contribution in [0.5, 0.6) is 5.88 Å². The third-order valence-electron chi connectivity index (χ3n) is 4.66. The summed E-state index contributed by atoms with van der Waals surface area (Å²) in [5.41, 5.74) is 2.05. The summed E-state index contributed by atoms with van der Waals surface area (Å²) in [4.78, 5) is 10.9. The van der Waals surface area contributed by atoms with Crippen molar-refractivity contribution in [3.05, 3.63) is 36.0 Å². The lowest BCUT2D eigenvalue weighted by Crippen LogP contribution is -2.65. The van der Waals surface area contributed by atoms with Crippen molar-refractivity contribution in [2.75, 3.05) is 19.7 Å². The highest BCUT2D eigenvalue weighted by Gasteiger charge is 2.48. The van der Waals surface area contributed by atoms with Crippen LogP contribution in [0, 0.1) is 6.92 Å². The summed E-state index contributed by atoms with van der Waals surface area (Å²) in [7, 11) is 1.95. The molecule has 0 saturated carbocycles. The van der Waals surface area contributed by atoms with Gasteiger partial charge in [-0.2, -0.15) is 5.10 Å². The van der Waals surface area contributed by atoms with E-state index in [0.29, 0.717) is 5.88 Å². The molecule has 2 aliphatic rings. The molecule has 0 aromatic carbocycles. The highest BCUT2D eigenvalue weighted by atomic mass is 16.5. The molecule has 2 aromatic heterocycles. The van der Waals surface area contributed by atoms with Gasteiger partial charge in [-0.25, -0.2) is 4.98 Å². The predicted molar refractivity (Wildman–Crippen MR) is 87.6 cm³/mol. The van der Waals surface area contributed by atoms with E-state index in [4.69, 9.17) is 9.47 Å². The summed E-state index contributed by atoms with van der Waals surface area (Å²) in [6.45, 7) is 5.48. The Labute approximate surface area is 141 Å². The number of hydrogen-bond acceptors (Lipinski definition) is 6. The maximum absolute atomic E-state index is 6.09. The van der Waals surface area contributed by atoms with Crippen molar-refractivity contribution in [1.29, 1.82) is 0 Å². The van der Waals surface area contributed by atoms with Crippen molar-refractivity contribution >= 4 is 0 Å². The molecule has 7 nitrogen and oxygen atoms in total.